The normalized spacial score (nSPS) is 17.1. The summed E-state index contributed by atoms with van der Waals surface area (Å²) in [5.74, 6) is 0.670. The first kappa shape index (κ1) is 13.4. The maximum atomic E-state index is 12.8. The molecule has 5 heteroatoms. The highest BCUT2D eigenvalue weighted by atomic mass is 79.9. The van der Waals surface area contributed by atoms with E-state index in [1.165, 1.54) is 0 Å². The zero-order chi connectivity index (χ0) is 14.0. The fourth-order valence-corrected chi connectivity index (χ4v) is 3.27. The fraction of sp³-hybridized carbons (Fsp3) is 0.333. The van der Waals surface area contributed by atoms with Crippen molar-refractivity contribution in [2.75, 3.05) is 5.32 Å². The Kier molecular flexibility index (Phi) is 3.61. The molecule has 1 aromatic heterocycles. The number of carbonyl (C=O) groups excluding carboxylic acids is 1. The van der Waals surface area contributed by atoms with Crippen molar-refractivity contribution < 1.29 is 4.79 Å². The molecule has 1 saturated carbocycles. The first-order chi connectivity index (χ1) is 9.72. The Morgan fingerprint density at radius 2 is 1.95 bits per heavy atom. The summed E-state index contributed by atoms with van der Waals surface area (Å²) < 4.78 is 0.770. The van der Waals surface area contributed by atoms with Crippen LogP contribution in [0.25, 0.3) is 0 Å². The highest BCUT2D eigenvalue weighted by Crippen LogP contribution is 2.42. The number of hydrogen-bond donors (Lipinski definition) is 2. The first-order valence-electron chi connectivity index (χ1n) is 6.78. The van der Waals surface area contributed by atoms with Gasteiger partial charge in [-0.2, -0.15) is 5.10 Å². The minimum Gasteiger partial charge on any atom is -0.309 e. The van der Waals surface area contributed by atoms with Crippen molar-refractivity contribution in [2.45, 2.75) is 31.1 Å². The van der Waals surface area contributed by atoms with E-state index in [2.05, 4.69) is 31.4 Å². The van der Waals surface area contributed by atoms with Crippen LogP contribution in [0.4, 0.5) is 5.82 Å². The third kappa shape index (κ3) is 2.26. The van der Waals surface area contributed by atoms with Crippen LogP contribution in [0.15, 0.2) is 41.0 Å². The lowest BCUT2D eigenvalue weighted by molar-refractivity contribution is -0.121. The van der Waals surface area contributed by atoms with Gasteiger partial charge >= 0.3 is 0 Å². The minimum absolute atomic E-state index is 0.0474. The number of anilines is 1. The van der Waals surface area contributed by atoms with Crippen LogP contribution in [0.5, 0.6) is 0 Å². The summed E-state index contributed by atoms with van der Waals surface area (Å²) in [6.07, 6.45) is 5.61. The molecular weight excluding hydrogens is 318 g/mol. The van der Waals surface area contributed by atoms with Crippen molar-refractivity contribution >= 4 is 27.7 Å². The van der Waals surface area contributed by atoms with Crippen molar-refractivity contribution in [3.63, 3.8) is 0 Å². The number of nitrogens with one attached hydrogen (secondary N) is 2. The molecule has 0 aliphatic heterocycles. The molecule has 1 aliphatic rings. The maximum absolute atomic E-state index is 12.8. The molecule has 20 heavy (non-hydrogen) atoms. The molecule has 0 bridgehead atoms. The molecule has 0 spiro atoms. The van der Waals surface area contributed by atoms with Crippen LogP contribution in [0.1, 0.15) is 31.2 Å². The Morgan fingerprint density at radius 3 is 2.55 bits per heavy atom. The highest BCUT2D eigenvalue weighted by Gasteiger charge is 2.42. The monoisotopic (exact) mass is 333 g/mol. The Labute approximate surface area is 126 Å². The zero-order valence-corrected chi connectivity index (χ0v) is 12.6. The molecule has 1 aliphatic carbocycles. The number of carbonyl (C=O) groups is 1. The molecule has 4 nitrogen and oxygen atoms in total. The van der Waals surface area contributed by atoms with E-state index in [-0.39, 0.29) is 5.91 Å². The molecule has 1 heterocycles. The van der Waals surface area contributed by atoms with Gasteiger partial charge in [-0.3, -0.25) is 9.89 Å². The Morgan fingerprint density at radius 1 is 1.25 bits per heavy atom. The number of benzene rings is 1. The number of H-pyrrole nitrogens is 1. The van der Waals surface area contributed by atoms with E-state index < -0.39 is 5.41 Å². The molecule has 3 rings (SSSR count). The average molecular weight is 334 g/mol. The molecular formula is C15H16BrN3O. The van der Waals surface area contributed by atoms with Gasteiger partial charge in [0.1, 0.15) is 5.82 Å². The number of amides is 1. The zero-order valence-electron chi connectivity index (χ0n) is 11.0. The van der Waals surface area contributed by atoms with Gasteiger partial charge in [0.05, 0.1) is 16.1 Å². The van der Waals surface area contributed by atoms with Crippen molar-refractivity contribution in [3.05, 3.63) is 46.6 Å². The summed E-state index contributed by atoms with van der Waals surface area (Å²) in [7, 11) is 0. The smallest absolute Gasteiger partial charge is 0.236 e. The Balaban J connectivity index is 1.91. The Bertz CT molecular complexity index is 603. The van der Waals surface area contributed by atoms with Gasteiger partial charge in [-0.25, -0.2) is 0 Å². The molecule has 104 valence electrons. The topological polar surface area (TPSA) is 57.8 Å². The lowest BCUT2D eigenvalue weighted by Gasteiger charge is -2.28. The predicted octanol–water partition coefficient (Wildman–Crippen LogP) is 3.62. The number of rotatable bonds is 3. The van der Waals surface area contributed by atoms with Gasteiger partial charge in [0.15, 0.2) is 0 Å². The molecule has 0 unspecified atom stereocenters. The van der Waals surface area contributed by atoms with Crippen LogP contribution in [-0.2, 0) is 10.2 Å². The molecule has 2 N–H and O–H groups in total. The van der Waals surface area contributed by atoms with E-state index in [4.69, 9.17) is 0 Å². The van der Waals surface area contributed by atoms with E-state index in [1.807, 2.05) is 30.3 Å². The molecule has 2 aromatic rings. The molecule has 0 atom stereocenters. The maximum Gasteiger partial charge on any atom is 0.236 e. The lowest BCUT2D eigenvalue weighted by Crippen LogP contribution is -2.38. The summed E-state index contributed by atoms with van der Waals surface area (Å²) in [5.41, 5.74) is 0.692. The van der Waals surface area contributed by atoms with Gasteiger partial charge in [-0.05, 0) is 34.3 Å². The average Bonchev–Trinajstić information content (AvgIpc) is 3.11. The van der Waals surface area contributed by atoms with Gasteiger partial charge in [0, 0.05) is 0 Å². The number of aromatic amines is 1. The van der Waals surface area contributed by atoms with Crippen LogP contribution >= 0.6 is 15.9 Å². The van der Waals surface area contributed by atoms with Gasteiger partial charge in [-0.1, -0.05) is 43.2 Å². The minimum atomic E-state index is -0.411. The van der Waals surface area contributed by atoms with E-state index in [9.17, 15) is 4.79 Å². The SMILES string of the molecule is O=C(Nc1[nH]ncc1Br)C1(c2ccccc2)CCCC1. The standard InChI is InChI=1S/C15H16BrN3O/c16-12-10-17-19-13(12)18-14(20)15(8-4-5-9-15)11-6-2-1-3-7-11/h1-3,6-7,10H,4-5,8-9H2,(H2,17,18,19,20). The van der Waals surface area contributed by atoms with Gasteiger partial charge < -0.3 is 5.32 Å². The largest absolute Gasteiger partial charge is 0.309 e. The number of halogens is 1. The van der Waals surface area contributed by atoms with Crippen LogP contribution in [-0.4, -0.2) is 16.1 Å². The van der Waals surface area contributed by atoms with E-state index in [0.717, 1.165) is 35.7 Å². The van der Waals surface area contributed by atoms with Crippen LogP contribution in [0, 0.1) is 0 Å². The third-order valence-electron chi connectivity index (χ3n) is 4.05. The summed E-state index contributed by atoms with van der Waals surface area (Å²) in [6, 6.07) is 10.1. The number of nitrogens with zero attached hydrogens (tertiary/aromatic N) is 1. The summed E-state index contributed by atoms with van der Waals surface area (Å²) >= 11 is 3.37. The number of aromatic nitrogens is 2. The van der Waals surface area contributed by atoms with Crippen molar-refractivity contribution in [3.8, 4) is 0 Å². The molecule has 1 aromatic carbocycles. The summed E-state index contributed by atoms with van der Waals surface area (Å²) in [5, 5.41) is 9.68. The second kappa shape index (κ2) is 5.40. The first-order valence-corrected chi connectivity index (χ1v) is 7.57. The van der Waals surface area contributed by atoms with Crippen molar-refractivity contribution in [2.24, 2.45) is 0 Å². The van der Waals surface area contributed by atoms with Crippen LogP contribution < -0.4 is 5.32 Å². The van der Waals surface area contributed by atoms with E-state index >= 15 is 0 Å². The van der Waals surface area contributed by atoms with Crippen LogP contribution in [0.2, 0.25) is 0 Å². The van der Waals surface area contributed by atoms with E-state index in [0.29, 0.717) is 5.82 Å². The summed E-state index contributed by atoms with van der Waals surface area (Å²) in [4.78, 5) is 12.8. The molecule has 0 saturated heterocycles. The lowest BCUT2D eigenvalue weighted by atomic mass is 9.78. The van der Waals surface area contributed by atoms with Gasteiger partial charge in [0.2, 0.25) is 5.91 Å². The molecule has 1 amide bonds. The molecule has 0 radical (unpaired) electrons. The predicted molar refractivity (Wildman–Crippen MR) is 81.5 cm³/mol. The van der Waals surface area contributed by atoms with Crippen LogP contribution in [0.3, 0.4) is 0 Å². The molecule has 1 fully saturated rings. The van der Waals surface area contributed by atoms with Gasteiger partial charge in [0.25, 0.3) is 0 Å². The van der Waals surface area contributed by atoms with Gasteiger partial charge in [-0.15, -0.1) is 0 Å². The third-order valence-corrected chi connectivity index (χ3v) is 4.65. The van der Waals surface area contributed by atoms with Crippen molar-refractivity contribution in [1.29, 1.82) is 0 Å². The number of hydrogen-bond acceptors (Lipinski definition) is 2. The highest BCUT2D eigenvalue weighted by molar-refractivity contribution is 9.10. The summed E-state index contributed by atoms with van der Waals surface area (Å²) in [6.45, 7) is 0. The van der Waals surface area contributed by atoms with Crippen molar-refractivity contribution in [1.82, 2.24) is 10.2 Å². The van der Waals surface area contributed by atoms with E-state index in [1.54, 1.807) is 6.20 Å². The Hall–Kier alpha value is -1.62. The second-order valence-electron chi connectivity index (χ2n) is 5.20. The second-order valence-corrected chi connectivity index (χ2v) is 6.06. The quantitative estimate of drug-likeness (QED) is 0.901. The fourth-order valence-electron chi connectivity index (χ4n) is 2.97.